The van der Waals surface area contributed by atoms with Crippen molar-refractivity contribution >= 4 is 11.8 Å². The number of hydrogen-bond donors (Lipinski definition) is 1. The number of carboxylic acids is 1. The first-order valence-electron chi connectivity index (χ1n) is 9.89. The van der Waals surface area contributed by atoms with Crippen molar-refractivity contribution in [3.05, 3.63) is 24.3 Å². The van der Waals surface area contributed by atoms with Gasteiger partial charge in [-0.3, -0.25) is 9.59 Å². The summed E-state index contributed by atoms with van der Waals surface area (Å²) >= 11 is 0. The number of fused-ring (bicyclic) bond motifs is 2. The van der Waals surface area contributed by atoms with Gasteiger partial charge in [0.25, 0.3) is 0 Å². The second kappa shape index (κ2) is 8.79. The number of hydrogen-bond acceptors (Lipinski definition) is 3. The highest BCUT2D eigenvalue weighted by Crippen LogP contribution is 2.46. The summed E-state index contributed by atoms with van der Waals surface area (Å²) in [4.78, 5) is 22.8. The zero-order chi connectivity index (χ0) is 17.6. The Morgan fingerprint density at radius 3 is 2.56 bits per heavy atom. The van der Waals surface area contributed by atoms with E-state index in [9.17, 15) is 9.59 Å². The van der Waals surface area contributed by atoms with Gasteiger partial charge in [-0.25, -0.2) is 0 Å². The third-order valence-electron chi connectivity index (χ3n) is 6.06. The van der Waals surface area contributed by atoms with Crippen molar-refractivity contribution in [3.63, 3.8) is 0 Å². The Morgan fingerprint density at radius 2 is 1.80 bits per heavy atom. The van der Waals surface area contributed by atoms with Gasteiger partial charge in [-0.2, -0.15) is 0 Å². The molecule has 138 valence electrons. The van der Waals surface area contributed by atoms with Crippen molar-refractivity contribution in [2.24, 2.45) is 17.8 Å². The smallest absolute Gasteiger partial charge is 0.303 e. The lowest BCUT2D eigenvalue weighted by atomic mass is 9.77. The lowest BCUT2D eigenvalue weighted by Crippen LogP contribution is -2.25. The third kappa shape index (κ3) is 4.81. The van der Waals surface area contributed by atoms with Gasteiger partial charge in [0.1, 0.15) is 0 Å². The van der Waals surface area contributed by atoms with Crippen molar-refractivity contribution in [2.45, 2.75) is 76.4 Å². The Hall–Kier alpha value is -1.42. The Labute approximate surface area is 150 Å². The van der Waals surface area contributed by atoms with Crippen LogP contribution in [0, 0.1) is 17.8 Å². The molecule has 3 rings (SSSR count). The Kier molecular flexibility index (Phi) is 6.46. The van der Waals surface area contributed by atoms with Gasteiger partial charge in [-0.15, -0.1) is 0 Å². The second-order valence-corrected chi connectivity index (χ2v) is 7.77. The highest BCUT2D eigenvalue weighted by atomic mass is 16.5. The molecule has 1 aliphatic carbocycles. The highest BCUT2D eigenvalue weighted by Gasteiger charge is 2.46. The summed E-state index contributed by atoms with van der Waals surface area (Å²) in [6.07, 6.45) is 18.3. The van der Waals surface area contributed by atoms with E-state index in [1.165, 1.54) is 12.8 Å². The summed E-state index contributed by atoms with van der Waals surface area (Å²) in [7, 11) is 0. The topological polar surface area (TPSA) is 63.6 Å². The summed E-state index contributed by atoms with van der Waals surface area (Å²) in [6, 6.07) is 0. The van der Waals surface area contributed by atoms with Crippen LogP contribution in [0.25, 0.3) is 0 Å². The second-order valence-electron chi connectivity index (χ2n) is 7.77. The van der Waals surface area contributed by atoms with Crippen LogP contribution in [0.2, 0.25) is 0 Å². The van der Waals surface area contributed by atoms with Gasteiger partial charge >= 0.3 is 5.97 Å². The van der Waals surface area contributed by atoms with Gasteiger partial charge in [0.05, 0.1) is 12.2 Å². The molecule has 2 aliphatic heterocycles. The third-order valence-corrected chi connectivity index (χ3v) is 6.06. The molecule has 2 saturated heterocycles. The minimum atomic E-state index is -0.730. The molecular weight excluding hydrogens is 316 g/mol. The van der Waals surface area contributed by atoms with Gasteiger partial charge in [0, 0.05) is 18.3 Å². The molecule has 2 heterocycles. The molecule has 0 unspecified atom stereocenters. The van der Waals surface area contributed by atoms with Gasteiger partial charge in [0.2, 0.25) is 0 Å². The van der Waals surface area contributed by atoms with Crippen molar-refractivity contribution in [2.75, 3.05) is 0 Å². The van der Waals surface area contributed by atoms with Crippen LogP contribution in [0.5, 0.6) is 0 Å². The molecule has 4 nitrogen and oxygen atoms in total. The molecule has 4 heteroatoms. The van der Waals surface area contributed by atoms with Crippen LogP contribution in [0.4, 0.5) is 0 Å². The van der Waals surface area contributed by atoms with Crippen molar-refractivity contribution < 1.29 is 19.4 Å². The van der Waals surface area contributed by atoms with E-state index in [4.69, 9.17) is 9.84 Å². The molecule has 4 atom stereocenters. The number of ketones is 1. The van der Waals surface area contributed by atoms with Crippen molar-refractivity contribution in [1.29, 1.82) is 0 Å². The van der Waals surface area contributed by atoms with Gasteiger partial charge in [0.15, 0.2) is 5.78 Å². The predicted molar refractivity (Wildman–Crippen MR) is 96.2 cm³/mol. The number of aliphatic carboxylic acids is 1. The first kappa shape index (κ1) is 18.4. The molecule has 0 aromatic heterocycles. The fraction of sp³-hybridized carbons (Fsp3) is 0.714. The maximum Gasteiger partial charge on any atom is 0.303 e. The minimum Gasteiger partial charge on any atom is -0.481 e. The largest absolute Gasteiger partial charge is 0.481 e. The SMILES string of the molecule is O=C(O)CCCC=CC[C@H]1[C@H](C=CC(=O)C2CCCC2)[C@@H]2CC[C@H]1O2. The van der Waals surface area contributed by atoms with Gasteiger partial charge in [-0.1, -0.05) is 31.1 Å². The van der Waals surface area contributed by atoms with Gasteiger partial charge in [-0.05, 0) is 56.9 Å². The van der Waals surface area contributed by atoms with E-state index in [0.717, 1.165) is 38.5 Å². The Bertz CT molecular complexity index is 530. The highest BCUT2D eigenvalue weighted by molar-refractivity contribution is 5.91. The standard InChI is InChI=1S/C21H30O4/c22-18(15-7-5-6-8-15)12-11-17-16(19-13-14-20(17)25-19)9-3-1-2-4-10-21(23)24/h1,3,11-12,15-17,19-20H,2,4-10,13-14H2,(H,23,24)/t16-,17-,19+,20-/m0/s1. The van der Waals surface area contributed by atoms with E-state index in [1.54, 1.807) is 0 Å². The van der Waals surface area contributed by atoms with Crippen LogP contribution in [-0.4, -0.2) is 29.1 Å². The number of allylic oxidation sites excluding steroid dienone is 3. The van der Waals surface area contributed by atoms with Crippen molar-refractivity contribution in [3.8, 4) is 0 Å². The molecule has 0 aromatic rings. The van der Waals surface area contributed by atoms with Gasteiger partial charge < -0.3 is 9.84 Å². The van der Waals surface area contributed by atoms with E-state index in [1.807, 2.05) is 6.08 Å². The average molecular weight is 346 g/mol. The van der Waals surface area contributed by atoms with Crippen LogP contribution in [0.15, 0.2) is 24.3 Å². The fourth-order valence-corrected chi connectivity index (χ4v) is 4.68. The number of ether oxygens (including phenoxy) is 1. The quantitative estimate of drug-likeness (QED) is 0.384. The normalized spacial score (nSPS) is 32.3. The average Bonchev–Trinajstić information content (AvgIpc) is 3.32. The summed E-state index contributed by atoms with van der Waals surface area (Å²) in [5.74, 6) is 0.647. The van der Waals surface area contributed by atoms with Crippen LogP contribution in [-0.2, 0) is 14.3 Å². The van der Waals surface area contributed by atoms with Crippen molar-refractivity contribution in [1.82, 2.24) is 0 Å². The summed E-state index contributed by atoms with van der Waals surface area (Å²) < 4.78 is 6.09. The number of unbranched alkanes of at least 4 members (excludes halogenated alkanes) is 1. The van der Waals surface area contributed by atoms with Crippen LogP contribution < -0.4 is 0 Å². The number of carbonyl (C=O) groups excluding carboxylic acids is 1. The number of carbonyl (C=O) groups is 2. The monoisotopic (exact) mass is 346 g/mol. The summed E-state index contributed by atoms with van der Waals surface area (Å²) in [5, 5.41) is 8.66. The Balaban J connectivity index is 1.50. The first-order valence-corrected chi connectivity index (χ1v) is 9.89. The number of carboxylic acid groups (broad SMARTS) is 1. The van der Waals surface area contributed by atoms with E-state index < -0.39 is 5.97 Å². The summed E-state index contributed by atoms with van der Waals surface area (Å²) in [6.45, 7) is 0. The van der Waals surface area contributed by atoms with Crippen LogP contribution in [0.1, 0.15) is 64.2 Å². The Morgan fingerprint density at radius 1 is 1.04 bits per heavy atom. The lowest BCUT2D eigenvalue weighted by Gasteiger charge is -2.24. The van der Waals surface area contributed by atoms with E-state index in [-0.39, 0.29) is 18.4 Å². The van der Waals surface area contributed by atoms with Crippen LogP contribution >= 0.6 is 0 Å². The maximum atomic E-state index is 12.3. The molecule has 3 aliphatic rings. The first-order chi connectivity index (χ1) is 12.1. The van der Waals surface area contributed by atoms with E-state index in [0.29, 0.717) is 30.1 Å². The molecular formula is C21H30O4. The molecule has 0 spiro atoms. The zero-order valence-electron chi connectivity index (χ0n) is 14.9. The molecule has 0 aromatic carbocycles. The van der Waals surface area contributed by atoms with E-state index >= 15 is 0 Å². The zero-order valence-corrected chi connectivity index (χ0v) is 14.9. The molecule has 3 fully saturated rings. The molecule has 0 amide bonds. The fourth-order valence-electron chi connectivity index (χ4n) is 4.68. The van der Waals surface area contributed by atoms with E-state index in [2.05, 4.69) is 18.2 Å². The molecule has 1 N–H and O–H groups in total. The molecule has 2 bridgehead atoms. The molecule has 0 radical (unpaired) electrons. The molecule has 1 saturated carbocycles. The predicted octanol–water partition coefficient (Wildman–Crippen LogP) is 4.30. The lowest BCUT2D eigenvalue weighted by molar-refractivity contribution is -0.137. The van der Waals surface area contributed by atoms with Crippen LogP contribution in [0.3, 0.4) is 0 Å². The maximum absolute atomic E-state index is 12.3. The minimum absolute atomic E-state index is 0.232. The number of rotatable bonds is 9. The summed E-state index contributed by atoms with van der Waals surface area (Å²) in [5.41, 5.74) is 0. The molecule has 25 heavy (non-hydrogen) atoms.